The van der Waals surface area contributed by atoms with E-state index < -0.39 is 7.60 Å². The molecule has 0 aliphatic heterocycles. The van der Waals surface area contributed by atoms with Gasteiger partial charge in [-0.3, -0.25) is 4.57 Å². The van der Waals surface area contributed by atoms with Crippen LogP contribution in [-0.2, 0) is 13.6 Å². The number of hydrogen-bond donors (Lipinski definition) is 0. The van der Waals surface area contributed by atoms with Crippen LogP contribution in [0.3, 0.4) is 0 Å². The van der Waals surface area contributed by atoms with E-state index in [0.717, 1.165) is 12.8 Å². The first-order chi connectivity index (χ1) is 7.61. The first-order valence-electron chi connectivity index (χ1n) is 5.95. The molecule has 3 nitrogen and oxygen atoms in total. The highest BCUT2D eigenvalue weighted by Crippen LogP contribution is 2.48. The summed E-state index contributed by atoms with van der Waals surface area (Å²) >= 11 is 0. The summed E-state index contributed by atoms with van der Waals surface area (Å²) < 4.78 is 21.8. The molecular formula is C12H25O3P. The minimum atomic E-state index is -2.88. The van der Waals surface area contributed by atoms with Crippen LogP contribution in [0.25, 0.3) is 0 Å². The maximum absolute atomic E-state index is 11.9. The van der Waals surface area contributed by atoms with Crippen LogP contribution in [0.4, 0.5) is 0 Å². The standard InChI is InChI=1S/C12H25O3P/c1-5-7-8-9-10-12(6-2)11-16(13,14-3)15-4/h6,12H,2,5,7-11H2,1,3-4H3/t12-/m0/s1. The molecule has 4 heteroatoms. The molecule has 0 amide bonds. The fourth-order valence-corrected chi connectivity index (χ4v) is 2.98. The van der Waals surface area contributed by atoms with E-state index in [9.17, 15) is 4.57 Å². The highest BCUT2D eigenvalue weighted by atomic mass is 31.2. The molecule has 0 radical (unpaired) electrons. The van der Waals surface area contributed by atoms with E-state index >= 15 is 0 Å². The molecule has 0 aliphatic carbocycles. The van der Waals surface area contributed by atoms with Crippen molar-refractivity contribution in [3.8, 4) is 0 Å². The fourth-order valence-electron chi connectivity index (χ4n) is 1.63. The molecule has 0 saturated carbocycles. The van der Waals surface area contributed by atoms with Crippen molar-refractivity contribution in [3.63, 3.8) is 0 Å². The van der Waals surface area contributed by atoms with Gasteiger partial charge in [0.15, 0.2) is 0 Å². The summed E-state index contributed by atoms with van der Waals surface area (Å²) in [6, 6.07) is 0. The van der Waals surface area contributed by atoms with Gasteiger partial charge in [-0.25, -0.2) is 0 Å². The lowest BCUT2D eigenvalue weighted by Gasteiger charge is -2.18. The monoisotopic (exact) mass is 248 g/mol. The van der Waals surface area contributed by atoms with Gasteiger partial charge in [0.2, 0.25) is 0 Å². The van der Waals surface area contributed by atoms with Crippen LogP contribution in [0.1, 0.15) is 39.0 Å². The molecule has 0 spiro atoms. The van der Waals surface area contributed by atoms with Gasteiger partial charge in [0.05, 0.1) is 6.16 Å². The van der Waals surface area contributed by atoms with Crippen LogP contribution in [-0.4, -0.2) is 20.4 Å². The van der Waals surface area contributed by atoms with E-state index in [1.165, 1.54) is 33.5 Å². The minimum absolute atomic E-state index is 0.225. The van der Waals surface area contributed by atoms with Gasteiger partial charge in [0.25, 0.3) is 0 Å². The van der Waals surface area contributed by atoms with Crippen molar-refractivity contribution >= 4 is 7.60 Å². The Morgan fingerprint density at radius 3 is 2.31 bits per heavy atom. The van der Waals surface area contributed by atoms with E-state index in [-0.39, 0.29) is 5.92 Å². The lowest BCUT2D eigenvalue weighted by atomic mass is 10.0. The van der Waals surface area contributed by atoms with Crippen molar-refractivity contribution < 1.29 is 13.6 Å². The first-order valence-corrected chi connectivity index (χ1v) is 7.67. The molecular weight excluding hydrogens is 223 g/mol. The average Bonchev–Trinajstić information content (AvgIpc) is 2.32. The lowest BCUT2D eigenvalue weighted by Crippen LogP contribution is -2.06. The van der Waals surface area contributed by atoms with Crippen molar-refractivity contribution in [2.45, 2.75) is 39.0 Å². The summed E-state index contributed by atoms with van der Waals surface area (Å²) in [5.74, 6) is 0.225. The van der Waals surface area contributed by atoms with E-state index in [1.807, 2.05) is 6.08 Å². The maximum atomic E-state index is 11.9. The Bertz CT molecular complexity index is 220. The van der Waals surface area contributed by atoms with Crippen LogP contribution in [0, 0.1) is 5.92 Å². The van der Waals surface area contributed by atoms with E-state index in [2.05, 4.69) is 13.5 Å². The van der Waals surface area contributed by atoms with Gasteiger partial charge in [-0.1, -0.05) is 38.7 Å². The third kappa shape index (κ3) is 6.47. The molecule has 96 valence electrons. The number of allylic oxidation sites excluding steroid dienone is 1. The molecule has 0 aliphatic rings. The Hall–Kier alpha value is -0.110. The number of rotatable bonds is 10. The Kier molecular flexibility index (Phi) is 8.91. The molecule has 0 heterocycles. The molecule has 0 aromatic carbocycles. The Morgan fingerprint density at radius 2 is 1.88 bits per heavy atom. The van der Waals surface area contributed by atoms with Crippen molar-refractivity contribution in [2.24, 2.45) is 5.92 Å². The first kappa shape index (κ1) is 15.9. The fraction of sp³-hybridized carbons (Fsp3) is 0.833. The molecule has 0 saturated heterocycles. The Balaban J connectivity index is 3.99. The van der Waals surface area contributed by atoms with Crippen molar-refractivity contribution in [2.75, 3.05) is 20.4 Å². The van der Waals surface area contributed by atoms with Crippen molar-refractivity contribution in [3.05, 3.63) is 12.7 Å². The van der Waals surface area contributed by atoms with E-state index in [4.69, 9.17) is 9.05 Å². The topological polar surface area (TPSA) is 35.5 Å². The van der Waals surface area contributed by atoms with Gasteiger partial charge < -0.3 is 9.05 Å². The lowest BCUT2D eigenvalue weighted by molar-refractivity contribution is 0.271. The smallest absolute Gasteiger partial charge is 0.312 e. The number of hydrogen-bond acceptors (Lipinski definition) is 3. The summed E-state index contributed by atoms with van der Waals surface area (Å²) in [6.45, 7) is 5.97. The zero-order valence-corrected chi connectivity index (χ0v) is 11.7. The van der Waals surface area contributed by atoms with Gasteiger partial charge >= 0.3 is 7.60 Å². The van der Waals surface area contributed by atoms with Gasteiger partial charge in [-0.05, 0) is 12.3 Å². The van der Waals surface area contributed by atoms with Crippen LogP contribution < -0.4 is 0 Å². The second-order valence-electron chi connectivity index (χ2n) is 4.00. The molecule has 16 heavy (non-hydrogen) atoms. The molecule has 0 N–H and O–H groups in total. The number of unbranched alkanes of at least 4 members (excludes halogenated alkanes) is 3. The predicted octanol–water partition coefficient (Wildman–Crippen LogP) is 4.24. The summed E-state index contributed by atoms with van der Waals surface area (Å²) in [5, 5.41) is 0. The highest BCUT2D eigenvalue weighted by Gasteiger charge is 2.24. The molecule has 0 aromatic heterocycles. The zero-order chi connectivity index (χ0) is 12.4. The van der Waals surface area contributed by atoms with Gasteiger partial charge in [-0.15, -0.1) is 6.58 Å². The van der Waals surface area contributed by atoms with Gasteiger partial charge in [0.1, 0.15) is 0 Å². The largest absolute Gasteiger partial charge is 0.330 e. The second kappa shape index (κ2) is 8.98. The van der Waals surface area contributed by atoms with Gasteiger partial charge in [0, 0.05) is 14.2 Å². The van der Waals surface area contributed by atoms with Crippen LogP contribution in [0.2, 0.25) is 0 Å². The predicted molar refractivity (Wildman–Crippen MR) is 68.9 cm³/mol. The quantitative estimate of drug-likeness (QED) is 0.329. The van der Waals surface area contributed by atoms with Crippen LogP contribution >= 0.6 is 7.60 Å². The Labute approximate surface area is 99.8 Å². The molecule has 0 fully saturated rings. The zero-order valence-electron chi connectivity index (χ0n) is 10.8. The summed E-state index contributed by atoms with van der Waals surface area (Å²) in [7, 11) is -0.0165. The third-order valence-corrected chi connectivity index (χ3v) is 4.81. The summed E-state index contributed by atoms with van der Waals surface area (Å²) in [5.41, 5.74) is 0. The van der Waals surface area contributed by atoms with Crippen LogP contribution in [0.15, 0.2) is 12.7 Å². The molecule has 0 aromatic rings. The molecule has 1 atom stereocenters. The molecule has 0 rings (SSSR count). The minimum Gasteiger partial charge on any atom is -0.312 e. The van der Waals surface area contributed by atoms with Crippen molar-refractivity contribution in [1.29, 1.82) is 0 Å². The summed E-state index contributed by atoms with van der Waals surface area (Å²) in [4.78, 5) is 0. The highest BCUT2D eigenvalue weighted by molar-refractivity contribution is 7.53. The van der Waals surface area contributed by atoms with E-state index in [0.29, 0.717) is 6.16 Å². The second-order valence-corrected chi connectivity index (χ2v) is 6.32. The van der Waals surface area contributed by atoms with Crippen molar-refractivity contribution in [1.82, 2.24) is 0 Å². The molecule has 0 bridgehead atoms. The summed E-state index contributed by atoms with van der Waals surface area (Å²) in [6.07, 6.45) is 8.18. The van der Waals surface area contributed by atoms with Crippen LogP contribution in [0.5, 0.6) is 0 Å². The van der Waals surface area contributed by atoms with Gasteiger partial charge in [-0.2, -0.15) is 0 Å². The third-order valence-electron chi connectivity index (χ3n) is 2.78. The SMILES string of the molecule is C=C[C@@H](CCCCCC)CP(=O)(OC)OC. The normalized spacial score (nSPS) is 13.7. The average molecular weight is 248 g/mol. The Morgan fingerprint density at radius 1 is 1.25 bits per heavy atom. The maximum Gasteiger partial charge on any atom is 0.330 e. The van der Waals surface area contributed by atoms with E-state index in [1.54, 1.807) is 0 Å². The molecule has 0 unspecified atom stereocenters.